The van der Waals surface area contributed by atoms with Crippen LogP contribution in [0.4, 0.5) is 0 Å². The molecule has 8 nitrogen and oxygen atoms in total. The Labute approximate surface area is 171 Å². The zero-order valence-electron chi connectivity index (χ0n) is 17.1. The summed E-state index contributed by atoms with van der Waals surface area (Å²) in [7, 11) is 3.27. The van der Waals surface area contributed by atoms with E-state index >= 15 is 0 Å². The maximum absolute atomic E-state index is 12.5. The highest BCUT2D eigenvalue weighted by Crippen LogP contribution is 2.20. The third kappa shape index (κ3) is 5.69. The van der Waals surface area contributed by atoms with Crippen molar-refractivity contribution < 1.29 is 23.9 Å². The fourth-order valence-corrected chi connectivity index (χ4v) is 3.71. The first kappa shape index (κ1) is 21.1. The lowest BCUT2D eigenvalue weighted by Crippen LogP contribution is -2.48. The topological polar surface area (TPSA) is 88.2 Å². The van der Waals surface area contributed by atoms with E-state index in [1.165, 1.54) is 7.11 Å². The normalized spacial score (nSPS) is 20.5. The number of piperidine rings is 2. The van der Waals surface area contributed by atoms with E-state index in [4.69, 9.17) is 9.47 Å². The van der Waals surface area contributed by atoms with Crippen LogP contribution in [-0.2, 0) is 14.3 Å². The molecule has 0 bridgehead atoms. The lowest BCUT2D eigenvalue weighted by Gasteiger charge is -2.32. The Bertz CT molecular complexity index is 728. The third-order valence-corrected chi connectivity index (χ3v) is 5.44. The fraction of sp³-hybridized carbons (Fsp3) is 0.571. The number of hydrogen-bond acceptors (Lipinski definition) is 5. The van der Waals surface area contributed by atoms with Gasteiger partial charge in [0.1, 0.15) is 18.5 Å². The number of rotatable bonds is 6. The Balaban J connectivity index is 1.46. The average Bonchev–Trinajstić information content (AvgIpc) is 2.72. The maximum Gasteiger partial charge on any atom is 0.251 e. The van der Waals surface area contributed by atoms with Crippen molar-refractivity contribution in [2.45, 2.75) is 37.8 Å². The van der Waals surface area contributed by atoms with Gasteiger partial charge < -0.3 is 24.6 Å². The van der Waals surface area contributed by atoms with E-state index in [1.807, 2.05) is 0 Å². The maximum atomic E-state index is 12.5. The Morgan fingerprint density at radius 3 is 2.45 bits per heavy atom. The summed E-state index contributed by atoms with van der Waals surface area (Å²) < 4.78 is 10.9. The molecule has 1 aromatic rings. The molecular weight excluding hydrogens is 374 g/mol. The average molecular weight is 403 g/mol. The molecule has 2 aliphatic heterocycles. The number of likely N-dealkylation sites (tertiary alicyclic amines) is 2. The molecular formula is C21H29N3O5. The molecule has 1 atom stereocenters. The van der Waals surface area contributed by atoms with Crippen LogP contribution in [0, 0.1) is 0 Å². The van der Waals surface area contributed by atoms with Crippen LogP contribution < -0.4 is 10.1 Å². The molecule has 3 rings (SSSR count). The summed E-state index contributed by atoms with van der Waals surface area (Å²) in [4.78, 5) is 39.3. The number of likely N-dealkylation sites (N-methyl/N-ethyl adjacent to an activating group) is 1. The van der Waals surface area contributed by atoms with Gasteiger partial charge in [0.25, 0.3) is 5.91 Å². The minimum atomic E-state index is -0.144. The first-order valence-corrected chi connectivity index (χ1v) is 10.0. The summed E-state index contributed by atoms with van der Waals surface area (Å²) in [5.41, 5.74) is 0.567. The molecule has 0 spiro atoms. The van der Waals surface area contributed by atoms with Crippen LogP contribution in [0.15, 0.2) is 24.3 Å². The van der Waals surface area contributed by atoms with Gasteiger partial charge in [-0.2, -0.15) is 0 Å². The van der Waals surface area contributed by atoms with Gasteiger partial charge >= 0.3 is 0 Å². The molecule has 2 aliphatic rings. The highest BCUT2D eigenvalue weighted by atomic mass is 16.5. The number of nitrogens with zero attached hydrogens (tertiary/aromatic N) is 2. The highest BCUT2D eigenvalue weighted by Gasteiger charge is 2.25. The summed E-state index contributed by atoms with van der Waals surface area (Å²) in [6.07, 6.45) is 2.72. The molecule has 0 aliphatic carbocycles. The molecule has 2 heterocycles. The van der Waals surface area contributed by atoms with E-state index in [0.717, 1.165) is 12.8 Å². The van der Waals surface area contributed by atoms with Gasteiger partial charge in [-0.3, -0.25) is 14.4 Å². The Morgan fingerprint density at radius 1 is 1.14 bits per heavy atom. The van der Waals surface area contributed by atoms with E-state index in [1.54, 1.807) is 41.1 Å². The number of nitrogens with one attached hydrogen (secondary N) is 1. The van der Waals surface area contributed by atoms with Crippen LogP contribution in [0.25, 0.3) is 0 Å². The second-order valence-corrected chi connectivity index (χ2v) is 7.64. The van der Waals surface area contributed by atoms with Gasteiger partial charge in [0.05, 0.1) is 0 Å². The van der Waals surface area contributed by atoms with Gasteiger partial charge in [-0.1, -0.05) is 0 Å². The van der Waals surface area contributed by atoms with E-state index in [2.05, 4.69) is 5.32 Å². The predicted octanol–water partition coefficient (Wildman–Crippen LogP) is 1.05. The molecule has 29 heavy (non-hydrogen) atoms. The molecule has 0 unspecified atom stereocenters. The monoisotopic (exact) mass is 403 g/mol. The molecule has 8 heteroatoms. The van der Waals surface area contributed by atoms with E-state index in [-0.39, 0.29) is 36.5 Å². The fourth-order valence-electron chi connectivity index (χ4n) is 3.71. The van der Waals surface area contributed by atoms with Crippen LogP contribution in [0.3, 0.4) is 0 Å². The first-order valence-electron chi connectivity index (χ1n) is 10.0. The van der Waals surface area contributed by atoms with Crippen molar-refractivity contribution >= 4 is 17.7 Å². The predicted molar refractivity (Wildman–Crippen MR) is 107 cm³/mol. The van der Waals surface area contributed by atoms with Crippen molar-refractivity contribution in [2.24, 2.45) is 0 Å². The van der Waals surface area contributed by atoms with Crippen molar-refractivity contribution in [3.8, 4) is 5.75 Å². The zero-order chi connectivity index (χ0) is 20.8. The van der Waals surface area contributed by atoms with Crippen molar-refractivity contribution in [1.29, 1.82) is 0 Å². The summed E-state index contributed by atoms with van der Waals surface area (Å²) in [6, 6.07) is 7.08. The number of carbonyl (C=O) groups is 3. The SMILES string of the molecule is COCC(=O)N1CCC(Oc2ccc(C(=O)N[C@@H]3CCC(=O)N(C)C3)cc2)CC1. The number of ether oxygens (including phenoxy) is 2. The minimum absolute atomic E-state index is 0.00911. The Hall–Kier alpha value is -2.61. The zero-order valence-corrected chi connectivity index (χ0v) is 17.1. The van der Waals surface area contributed by atoms with Crippen LogP contribution >= 0.6 is 0 Å². The molecule has 3 amide bonds. The number of carbonyl (C=O) groups excluding carboxylic acids is 3. The lowest BCUT2D eigenvalue weighted by molar-refractivity contribution is -0.137. The molecule has 1 N–H and O–H groups in total. The van der Waals surface area contributed by atoms with E-state index < -0.39 is 0 Å². The van der Waals surface area contributed by atoms with Crippen molar-refractivity contribution in [3.05, 3.63) is 29.8 Å². The van der Waals surface area contributed by atoms with Gasteiger partial charge in [0.15, 0.2) is 0 Å². The number of benzene rings is 1. The molecule has 0 radical (unpaired) electrons. The number of amides is 3. The van der Waals surface area contributed by atoms with Crippen molar-refractivity contribution in [1.82, 2.24) is 15.1 Å². The smallest absolute Gasteiger partial charge is 0.251 e. The van der Waals surface area contributed by atoms with Gasteiger partial charge in [0.2, 0.25) is 11.8 Å². The van der Waals surface area contributed by atoms with Gasteiger partial charge in [-0.05, 0) is 30.7 Å². The van der Waals surface area contributed by atoms with Crippen LogP contribution in [-0.4, -0.2) is 80.1 Å². The molecule has 2 saturated heterocycles. The van der Waals surface area contributed by atoms with Crippen molar-refractivity contribution in [3.63, 3.8) is 0 Å². The summed E-state index contributed by atoms with van der Waals surface area (Å²) in [6.45, 7) is 1.97. The highest BCUT2D eigenvalue weighted by molar-refractivity contribution is 5.94. The molecule has 2 fully saturated rings. The molecule has 158 valence electrons. The molecule has 0 aromatic heterocycles. The van der Waals surface area contributed by atoms with Gasteiger partial charge in [-0.25, -0.2) is 0 Å². The van der Waals surface area contributed by atoms with E-state index in [0.29, 0.717) is 43.8 Å². The third-order valence-electron chi connectivity index (χ3n) is 5.44. The minimum Gasteiger partial charge on any atom is -0.490 e. The first-order chi connectivity index (χ1) is 14.0. The largest absolute Gasteiger partial charge is 0.490 e. The Kier molecular flexibility index (Phi) is 7.09. The Morgan fingerprint density at radius 2 is 1.83 bits per heavy atom. The van der Waals surface area contributed by atoms with Gasteiger partial charge in [0, 0.05) is 64.7 Å². The number of hydrogen-bond donors (Lipinski definition) is 1. The van der Waals surface area contributed by atoms with E-state index in [9.17, 15) is 14.4 Å². The van der Waals surface area contributed by atoms with Crippen LogP contribution in [0.5, 0.6) is 5.75 Å². The summed E-state index contributed by atoms with van der Waals surface area (Å²) in [5.74, 6) is 0.696. The standard InChI is InChI=1S/C21H29N3O5/c1-23-13-16(5-8-19(23)25)22-21(27)15-3-6-17(7-4-15)29-18-9-11-24(12-10-18)20(26)14-28-2/h3-4,6-7,16,18H,5,8-14H2,1-2H3,(H,22,27)/t16-/m1/s1. The van der Waals surface area contributed by atoms with Crippen molar-refractivity contribution in [2.75, 3.05) is 40.4 Å². The lowest BCUT2D eigenvalue weighted by atomic mass is 10.0. The number of methoxy groups -OCH3 is 1. The van der Waals surface area contributed by atoms with Gasteiger partial charge in [-0.15, -0.1) is 0 Å². The van der Waals surface area contributed by atoms with Crippen LogP contribution in [0.2, 0.25) is 0 Å². The summed E-state index contributed by atoms with van der Waals surface area (Å²) in [5, 5.41) is 2.99. The second kappa shape index (κ2) is 9.73. The molecule has 0 saturated carbocycles. The quantitative estimate of drug-likeness (QED) is 0.767. The van der Waals surface area contributed by atoms with Crippen LogP contribution in [0.1, 0.15) is 36.0 Å². The summed E-state index contributed by atoms with van der Waals surface area (Å²) >= 11 is 0. The molecule has 1 aromatic carbocycles. The second-order valence-electron chi connectivity index (χ2n) is 7.64.